The lowest BCUT2D eigenvalue weighted by molar-refractivity contribution is 0.218. The predicted molar refractivity (Wildman–Crippen MR) is 101 cm³/mol. The molecule has 0 bridgehead atoms. The van der Waals surface area contributed by atoms with Crippen LogP contribution < -0.4 is 0 Å². The van der Waals surface area contributed by atoms with E-state index in [2.05, 4.69) is 71.4 Å². The Balaban J connectivity index is 2.18. The summed E-state index contributed by atoms with van der Waals surface area (Å²) in [6.45, 7) is 16.6. The monoisotopic (exact) mass is 299 g/mol. The lowest BCUT2D eigenvalue weighted by atomic mass is 9.41. The molecule has 0 amide bonds. The minimum atomic E-state index is 0.490. The minimum absolute atomic E-state index is 0.490. The third kappa shape index (κ3) is 3.59. The quantitative estimate of drug-likeness (QED) is 0.496. The van der Waals surface area contributed by atoms with Crippen molar-refractivity contribution in [1.29, 1.82) is 0 Å². The Bertz CT molecular complexity index is 472. The maximum atomic E-state index is 3.97. The van der Waals surface area contributed by atoms with Crippen molar-refractivity contribution in [2.75, 3.05) is 7.05 Å². The first kappa shape index (κ1) is 17.6. The van der Waals surface area contributed by atoms with Gasteiger partial charge in [-0.2, -0.15) is 0 Å². The minimum Gasteiger partial charge on any atom is -0.297 e. The van der Waals surface area contributed by atoms with Crippen molar-refractivity contribution in [1.82, 2.24) is 4.90 Å². The largest absolute Gasteiger partial charge is 0.297 e. The van der Waals surface area contributed by atoms with Crippen molar-refractivity contribution < 1.29 is 0 Å². The Morgan fingerprint density at radius 3 is 2.64 bits per heavy atom. The van der Waals surface area contributed by atoms with Crippen LogP contribution in [0.5, 0.6) is 0 Å². The predicted octanol–water partition coefficient (Wildman–Crippen LogP) is 5.24. The van der Waals surface area contributed by atoms with E-state index in [9.17, 15) is 0 Å². The SMILES string of the molecule is C=CCC1=CC(B2CC(C)C(C)(C)C2)=CCC1N(C)C(C)C. The van der Waals surface area contributed by atoms with Gasteiger partial charge in [0.2, 0.25) is 0 Å². The molecular formula is C20H34BN. The van der Waals surface area contributed by atoms with E-state index in [1.54, 1.807) is 11.0 Å². The average molecular weight is 299 g/mol. The molecule has 2 unspecified atom stereocenters. The Hall–Kier alpha value is -0.755. The molecule has 1 aliphatic heterocycles. The molecule has 1 aliphatic carbocycles. The van der Waals surface area contributed by atoms with Crippen LogP contribution in [0, 0.1) is 11.3 Å². The van der Waals surface area contributed by atoms with E-state index in [1.165, 1.54) is 12.6 Å². The lowest BCUT2D eigenvalue weighted by Crippen LogP contribution is -2.39. The Morgan fingerprint density at radius 2 is 2.14 bits per heavy atom. The van der Waals surface area contributed by atoms with Gasteiger partial charge in [0.25, 0.3) is 0 Å². The highest BCUT2D eigenvalue weighted by Gasteiger charge is 2.41. The van der Waals surface area contributed by atoms with Crippen LogP contribution in [0.15, 0.2) is 35.9 Å². The third-order valence-corrected chi connectivity index (χ3v) is 6.26. The van der Waals surface area contributed by atoms with Crippen LogP contribution in [0.1, 0.15) is 47.5 Å². The highest BCUT2D eigenvalue weighted by molar-refractivity contribution is 6.68. The second-order valence-electron chi connectivity index (χ2n) is 8.45. The zero-order valence-corrected chi connectivity index (χ0v) is 15.5. The second-order valence-corrected chi connectivity index (χ2v) is 8.45. The summed E-state index contributed by atoms with van der Waals surface area (Å²) in [5.41, 5.74) is 3.65. The highest BCUT2D eigenvalue weighted by atomic mass is 15.1. The zero-order chi connectivity index (χ0) is 16.5. The van der Waals surface area contributed by atoms with Crippen molar-refractivity contribution in [2.24, 2.45) is 11.3 Å². The summed E-state index contributed by atoms with van der Waals surface area (Å²) in [6.07, 6.45) is 12.0. The van der Waals surface area contributed by atoms with Crippen LogP contribution in [0.2, 0.25) is 12.6 Å². The summed E-state index contributed by atoms with van der Waals surface area (Å²) in [4.78, 5) is 2.50. The van der Waals surface area contributed by atoms with Gasteiger partial charge in [0.1, 0.15) is 0 Å². The molecule has 1 fully saturated rings. The standard InChI is InChI=1S/C20H34BN/c1-8-9-17-12-18(10-11-19(17)22(7)15(2)3)21-13-16(4)20(5,6)14-21/h8,10,12,15-16,19H,1,9,11,13-14H2,2-7H3. The van der Waals surface area contributed by atoms with Gasteiger partial charge in [-0.3, -0.25) is 4.90 Å². The van der Waals surface area contributed by atoms with Crippen molar-refractivity contribution in [2.45, 2.75) is 72.2 Å². The van der Waals surface area contributed by atoms with Crippen LogP contribution in [0.4, 0.5) is 0 Å². The summed E-state index contributed by atoms with van der Waals surface area (Å²) >= 11 is 0. The molecule has 0 aromatic rings. The highest BCUT2D eigenvalue weighted by Crippen LogP contribution is 2.46. The first-order valence-electron chi connectivity index (χ1n) is 8.99. The molecule has 22 heavy (non-hydrogen) atoms. The first-order chi connectivity index (χ1) is 10.3. The summed E-state index contributed by atoms with van der Waals surface area (Å²) in [5, 5.41) is 0. The number of rotatable bonds is 5. The molecule has 2 rings (SSSR count). The van der Waals surface area contributed by atoms with Gasteiger partial charge in [0.15, 0.2) is 6.71 Å². The average Bonchev–Trinajstić information content (AvgIpc) is 2.72. The maximum Gasteiger partial charge on any atom is 0.176 e. The van der Waals surface area contributed by atoms with Gasteiger partial charge >= 0.3 is 0 Å². The molecule has 122 valence electrons. The molecule has 0 aromatic heterocycles. The van der Waals surface area contributed by atoms with Gasteiger partial charge in [0, 0.05) is 12.1 Å². The van der Waals surface area contributed by atoms with Gasteiger partial charge < -0.3 is 0 Å². The van der Waals surface area contributed by atoms with E-state index in [1.807, 2.05) is 0 Å². The van der Waals surface area contributed by atoms with Crippen molar-refractivity contribution in [3.8, 4) is 0 Å². The second kappa shape index (κ2) is 6.78. The fraction of sp³-hybridized carbons (Fsp3) is 0.700. The van der Waals surface area contributed by atoms with Gasteiger partial charge in [-0.1, -0.05) is 57.1 Å². The Morgan fingerprint density at radius 1 is 1.45 bits per heavy atom. The van der Waals surface area contributed by atoms with E-state index in [0.29, 0.717) is 17.5 Å². The van der Waals surface area contributed by atoms with Gasteiger partial charge in [0.05, 0.1) is 0 Å². The van der Waals surface area contributed by atoms with Crippen LogP contribution in [0.3, 0.4) is 0 Å². The fourth-order valence-corrected chi connectivity index (χ4v) is 4.12. The van der Waals surface area contributed by atoms with E-state index in [0.717, 1.165) is 25.5 Å². The molecule has 1 nitrogen and oxygen atoms in total. The number of hydrogen-bond donors (Lipinski definition) is 0. The molecule has 2 atom stereocenters. The summed E-state index contributed by atoms with van der Waals surface area (Å²) in [5.74, 6) is 0.825. The van der Waals surface area contributed by atoms with Gasteiger partial charge in [-0.15, -0.1) is 6.58 Å². The smallest absolute Gasteiger partial charge is 0.176 e. The summed E-state index contributed by atoms with van der Waals surface area (Å²) in [7, 11) is 2.26. The van der Waals surface area contributed by atoms with E-state index in [-0.39, 0.29) is 0 Å². The van der Waals surface area contributed by atoms with Crippen molar-refractivity contribution in [3.05, 3.63) is 35.9 Å². The van der Waals surface area contributed by atoms with Gasteiger partial charge in [-0.25, -0.2) is 0 Å². The number of hydrogen-bond acceptors (Lipinski definition) is 1. The molecule has 0 spiro atoms. The molecular weight excluding hydrogens is 265 g/mol. The van der Waals surface area contributed by atoms with E-state index >= 15 is 0 Å². The van der Waals surface area contributed by atoms with Crippen molar-refractivity contribution >= 4 is 6.71 Å². The van der Waals surface area contributed by atoms with Crippen molar-refractivity contribution in [3.63, 3.8) is 0 Å². The third-order valence-electron chi connectivity index (χ3n) is 6.26. The molecule has 0 aromatic carbocycles. The molecule has 0 radical (unpaired) electrons. The van der Waals surface area contributed by atoms with E-state index < -0.39 is 0 Å². The lowest BCUT2D eigenvalue weighted by Gasteiger charge is -2.35. The van der Waals surface area contributed by atoms with E-state index in [4.69, 9.17) is 0 Å². The molecule has 0 saturated carbocycles. The molecule has 0 N–H and O–H groups in total. The number of allylic oxidation sites excluding steroid dienone is 3. The molecule has 1 saturated heterocycles. The topological polar surface area (TPSA) is 3.24 Å². The molecule has 2 heteroatoms. The van der Waals surface area contributed by atoms with Crippen LogP contribution >= 0.6 is 0 Å². The maximum absolute atomic E-state index is 3.97. The van der Waals surface area contributed by atoms with Crippen LogP contribution in [0.25, 0.3) is 0 Å². The zero-order valence-electron chi connectivity index (χ0n) is 15.5. The first-order valence-corrected chi connectivity index (χ1v) is 8.99. The summed E-state index contributed by atoms with van der Waals surface area (Å²) in [6, 6.07) is 1.13. The summed E-state index contributed by atoms with van der Waals surface area (Å²) < 4.78 is 0. The van der Waals surface area contributed by atoms with Crippen LogP contribution in [-0.2, 0) is 0 Å². The number of nitrogens with zero attached hydrogens (tertiary/aromatic N) is 1. The molecule has 1 heterocycles. The Labute approximate surface area is 138 Å². The Kier molecular flexibility index (Phi) is 5.43. The van der Waals surface area contributed by atoms with Crippen LogP contribution in [-0.4, -0.2) is 30.7 Å². The number of likely N-dealkylation sites (N-methyl/N-ethyl adjacent to an activating group) is 1. The molecule has 2 aliphatic rings. The van der Waals surface area contributed by atoms with Gasteiger partial charge in [-0.05, 0) is 50.6 Å². The normalized spacial score (nSPS) is 28.1. The fourth-order valence-electron chi connectivity index (χ4n) is 4.12.